The van der Waals surface area contributed by atoms with Crippen LogP contribution >= 0.6 is 0 Å². The summed E-state index contributed by atoms with van der Waals surface area (Å²) < 4.78 is 13.5. The Hall–Kier alpha value is -1.25. The van der Waals surface area contributed by atoms with Gasteiger partial charge in [0.2, 0.25) is 0 Å². The maximum absolute atomic E-state index is 13.5. The molecule has 2 nitrogen and oxygen atoms in total. The van der Waals surface area contributed by atoms with Crippen molar-refractivity contribution in [2.45, 2.75) is 39.5 Å². The van der Waals surface area contributed by atoms with Gasteiger partial charge in [-0.05, 0) is 24.5 Å². The molecule has 0 aromatic heterocycles. The first-order valence-electron chi connectivity index (χ1n) is 6.46. The zero-order valence-electron chi connectivity index (χ0n) is 10.8. The third-order valence-corrected chi connectivity index (χ3v) is 3.16. The topological polar surface area (TPSA) is 38.0 Å². The Morgan fingerprint density at radius 1 is 1.35 bits per heavy atom. The molecule has 0 aliphatic rings. The van der Waals surface area contributed by atoms with Crippen LogP contribution in [0.3, 0.4) is 0 Å². The number of rotatable bonds is 7. The number of anilines is 2. The molecule has 0 aliphatic carbocycles. The molecule has 0 saturated carbocycles. The fourth-order valence-corrected chi connectivity index (χ4v) is 1.92. The second kappa shape index (κ2) is 7.15. The Kier molecular flexibility index (Phi) is 5.81. The molecular weight excluding hydrogens is 215 g/mol. The lowest BCUT2D eigenvalue weighted by Gasteiger charge is -2.17. The molecule has 0 radical (unpaired) electrons. The molecule has 1 aromatic rings. The second-order valence-corrected chi connectivity index (χ2v) is 4.50. The van der Waals surface area contributed by atoms with Gasteiger partial charge in [-0.2, -0.15) is 0 Å². The minimum atomic E-state index is -0.268. The highest BCUT2D eigenvalue weighted by atomic mass is 19.1. The van der Waals surface area contributed by atoms with Crippen molar-refractivity contribution in [3.05, 3.63) is 24.0 Å². The van der Waals surface area contributed by atoms with Crippen molar-refractivity contribution in [1.29, 1.82) is 0 Å². The second-order valence-electron chi connectivity index (χ2n) is 4.50. The molecule has 3 heteroatoms. The van der Waals surface area contributed by atoms with E-state index in [1.54, 1.807) is 12.1 Å². The quantitative estimate of drug-likeness (QED) is 0.704. The molecule has 1 atom stereocenters. The van der Waals surface area contributed by atoms with E-state index >= 15 is 0 Å². The minimum absolute atomic E-state index is 0.268. The Morgan fingerprint density at radius 2 is 2.12 bits per heavy atom. The average Bonchev–Trinajstić information content (AvgIpc) is 2.32. The molecule has 0 fully saturated rings. The summed E-state index contributed by atoms with van der Waals surface area (Å²) in [5.41, 5.74) is 6.68. The molecule has 1 rings (SSSR count). The van der Waals surface area contributed by atoms with Crippen LogP contribution in [0.1, 0.15) is 39.5 Å². The van der Waals surface area contributed by atoms with Crippen LogP contribution in [0.2, 0.25) is 0 Å². The zero-order valence-corrected chi connectivity index (χ0v) is 10.8. The number of nitrogens with two attached hydrogens (primary N) is 1. The van der Waals surface area contributed by atoms with Gasteiger partial charge >= 0.3 is 0 Å². The van der Waals surface area contributed by atoms with Gasteiger partial charge in [-0.15, -0.1) is 0 Å². The molecule has 96 valence electrons. The van der Waals surface area contributed by atoms with Gasteiger partial charge in [0.1, 0.15) is 5.82 Å². The summed E-state index contributed by atoms with van der Waals surface area (Å²) in [5.74, 6) is 0.323. The van der Waals surface area contributed by atoms with Gasteiger partial charge in [-0.25, -0.2) is 4.39 Å². The summed E-state index contributed by atoms with van der Waals surface area (Å²) in [4.78, 5) is 0. The Balaban J connectivity index is 2.53. The number of unbranched alkanes of at least 4 members (excludes halogenated alkanes) is 1. The minimum Gasteiger partial charge on any atom is -0.397 e. The van der Waals surface area contributed by atoms with E-state index in [0.717, 1.165) is 13.0 Å². The number of halogens is 1. The number of nitrogen functional groups attached to an aromatic ring is 1. The largest absolute Gasteiger partial charge is 0.397 e. The predicted octanol–water partition coefficient (Wildman–Crippen LogP) is 4.04. The molecule has 3 N–H and O–H groups in total. The highest BCUT2D eigenvalue weighted by Crippen LogP contribution is 2.23. The van der Waals surface area contributed by atoms with Crippen LogP contribution in [0.5, 0.6) is 0 Å². The summed E-state index contributed by atoms with van der Waals surface area (Å²) in [6, 6.07) is 4.79. The van der Waals surface area contributed by atoms with Crippen LogP contribution in [0.25, 0.3) is 0 Å². The van der Waals surface area contributed by atoms with Crippen LogP contribution in [-0.2, 0) is 0 Å². The van der Waals surface area contributed by atoms with E-state index in [0.29, 0.717) is 17.3 Å². The third-order valence-electron chi connectivity index (χ3n) is 3.16. The number of nitrogens with one attached hydrogen (secondary N) is 1. The summed E-state index contributed by atoms with van der Waals surface area (Å²) in [6.45, 7) is 5.16. The summed E-state index contributed by atoms with van der Waals surface area (Å²) in [7, 11) is 0. The first-order chi connectivity index (χ1) is 8.19. The zero-order chi connectivity index (χ0) is 12.7. The fraction of sp³-hybridized carbons (Fsp3) is 0.571. The van der Waals surface area contributed by atoms with Crippen LogP contribution < -0.4 is 11.1 Å². The normalized spacial score (nSPS) is 12.4. The van der Waals surface area contributed by atoms with E-state index in [1.807, 2.05) is 0 Å². The van der Waals surface area contributed by atoms with Crippen molar-refractivity contribution >= 4 is 11.4 Å². The van der Waals surface area contributed by atoms with E-state index in [-0.39, 0.29) is 5.82 Å². The molecular formula is C14H23FN2. The Labute approximate surface area is 103 Å². The van der Waals surface area contributed by atoms with Gasteiger partial charge in [0.05, 0.1) is 11.4 Å². The van der Waals surface area contributed by atoms with Crippen molar-refractivity contribution in [3.8, 4) is 0 Å². The van der Waals surface area contributed by atoms with E-state index in [2.05, 4.69) is 19.2 Å². The monoisotopic (exact) mass is 238 g/mol. The molecule has 1 unspecified atom stereocenters. The van der Waals surface area contributed by atoms with Gasteiger partial charge in [-0.1, -0.05) is 39.2 Å². The summed E-state index contributed by atoms with van der Waals surface area (Å²) >= 11 is 0. The average molecular weight is 238 g/mol. The van der Waals surface area contributed by atoms with E-state index in [4.69, 9.17) is 5.73 Å². The van der Waals surface area contributed by atoms with Gasteiger partial charge < -0.3 is 11.1 Å². The molecule has 0 spiro atoms. The lowest BCUT2D eigenvalue weighted by Crippen LogP contribution is -2.15. The molecule has 0 bridgehead atoms. The highest BCUT2D eigenvalue weighted by molar-refractivity contribution is 5.66. The van der Waals surface area contributed by atoms with Crippen molar-refractivity contribution in [2.75, 3.05) is 17.6 Å². The lowest BCUT2D eigenvalue weighted by atomic mass is 9.99. The molecule has 0 heterocycles. The highest BCUT2D eigenvalue weighted by Gasteiger charge is 2.09. The standard InChI is InChI=1S/C14H23FN2/c1-3-5-7-11(4-2)10-17-14-12(15)8-6-9-13(14)16/h6,8-9,11,17H,3-5,7,10,16H2,1-2H3. The van der Waals surface area contributed by atoms with Crippen molar-refractivity contribution < 1.29 is 4.39 Å². The van der Waals surface area contributed by atoms with E-state index in [9.17, 15) is 4.39 Å². The third kappa shape index (κ3) is 4.25. The molecule has 1 aromatic carbocycles. The maximum Gasteiger partial charge on any atom is 0.148 e. The molecule has 0 amide bonds. The maximum atomic E-state index is 13.5. The molecule has 17 heavy (non-hydrogen) atoms. The van der Waals surface area contributed by atoms with E-state index < -0.39 is 0 Å². The van der Waals surface area contributed by atoms with Gasteiger partial charge in [0, 0.05) is 6.54 Å². The lowest BCUT2D eigenvalue weighted by molar-refractivity contribution is 0.471. The van der Waals surface area contributed by atoms with Crippen LogP contribution in [-0.4, -0.2) is 6.54 Å². The smallest absolute Gasteiger partial charge is 0.148 e. The van der Waals surface area contributed by atoms with Crippen LogP contribution in [0.4, 0.5) is 15.8 Å². The number of hydrogen-bond donors (Lipinski definition) is 2. The molecule has 0 aliphatic heterocycles. The predicted molar refractivity (Wildman–Crippen MR) is 72.6 cm³/mol. The molecule has 0 saturated heterocycles. The Bertz CT molecular complexity index is 319. The number of para-hydroxylation sites is 1. The number of hydrogen-bond acceptors (Lipinski definition) is 2. The first kappa shape index (κ1) is 13.8. The summed E-state index contributed by atoms with van der Waals surface area (Å²) in [6.07, 6.45) is 4.74. The fourth-order valence-electron chi connectivity index (χ4n) is 1.92. The number of benzene rings is 1. The van der Waals surface area contributed by atoms with Gasteiger partial charge in [0.15, 0.2) is 0 Å². The van der Waals surface area contributed by atoms with Crippen molar-refractivity contribution in [2.24, 2.45) is 5.92 Å². The van der Waals surface area contributed by atoms with Crippen LogP contribution in [0, 0.1) is 11.7 Å². The summed E-state index contributed by atoms with van der Waals surface area (Å²) in [5, 5.41) is 3.14. The van der Waals surface area contributed by atoms with Crippen LogP contribution in [0.15, 0.2) is 18.2 Å². The van der Waals surface area contributed by atoms with E-state index in [1.165, 1.54) is 25.3 Å². The SMILES string of the molecule is CCCCC(CC)CNc1c(N)cccc1F. The van der Waals surface area contributed by atoms with Gasteiger partial charge in [-0.3, -0.25) is 0 Å². The van der Waals surface area contributed by atoms with Crippen molar-refractivity contribution in [3.63, 3.8) is 0 Å². The first-order valence-corrected chi connectivity index (χ1v) is 6.46. The van der Waals surface area contributed by atoms with Gasteiger partial charge in [0.25, 0.3) is 0 Å². The van der Waals surface area contributed by atoms with Crippen molar-refractivity contribution in [1.82, 2.24) is 0 Å². The Morgan fingerprint density at radius 3 is 2.71 bits per heavy atom.